The summed E-state index contributed by atoms with van der Waals surface area (Å²) in [7, 11) is 1.90. The van der Waals surface area contributed by atoms with E-state index in [2.05, 4.69) is 33.8 Å². The first-order valence-corrected chi connectivity index (χ1v) is 10.7. The van der Waals surface area contributed by atoms with Crippen molar-refractivity contribution in [3.05, 3.63) is 11.6 Å². The summed E-state index contributed by atoms with van der Waals surface area (Å²) in [5.41, 5.74) is 1.97. The van der Waals surface area contributed by atoms with Crippen molar-refractivity contribution in [2.75, 3.05) is 7.11 Å². The number of rotatable bonds is 1. The van der Waals surface area contributed by atoms with Gasteiger partial charge in [0.1, 0.15) is 0 Å². The molecular formula is C23H38O2. The molecule has 1 N–H and O–H groups in total. The first-order valence-electron chi connectivity index (χ1n) is 10.7. The summed E-state index contributed by atoms with van der Waals surface area (Å²) in [6.07, 6.45) is 12.6. The lowest BCUT2D eigenvalue weighted by Gasteiger charge is -2.61. The molecule has 0 spiro atoms. The predicted octanol–water partition coefficient (Wildman–Crippen LogP) is 5.35. The molecule has 0 amide bonds. The molecule has 0 radical (unpaired) electrons. The quantitative estimate of drug-likeness (QED) is 0.648. The number of hydrogen-bond donors (Lipinski definition) is 1. The second-order valence-corrected chi connectivity index (χ2v) is 10.5. The Morgan fingerprint density at radius 3 is 2.48 bits per heavy atom. The number of methoxy groups -OCH3 is 1. The largest absolute Gasteiger partial charge is 0.390 e. The van der Waals surface area contributed by atoms with E-state index in [-0.39, 0.29) is 0 Å². The van der Waals surface area contributed by atoms with Crippen molar-refractivity contribution in [1.82, 2.24) is 0 Å². The van der Waals surface area contributed by atoms with Crippen LogP contribution in [-0.2, 0) is 4.74 Å². The van der Waals surface area contributed by atoms with Gasteiger partial charge in [-0.3, -0.25) is 0 Å². The molecule has 0 heterocycles. The van der Waals surface area contributed by atoms with Crippen LogP contribution in [-0.4, -0.2) is 23.9 Å². The Kier molecular flexibility index (Phi) is 4.21. The summed E-state index contributed by atoms with van der Waals surface area (Å²) in [6.45, 7) is 9.38. The zero-order valence-electron chi connectivity index (χ0n) is 17.0. The smallest absolute Gasteiger partial charge is 0.0789 e. The molecule has 0 aromatic carbocycles. The van der Waals surface area contributed by atoms with Gasteiger partial charge in [0.2, 0.25) is 0 Å². The SMILES string of the molecule is C/C=C1/[C@H](OC)C[C@H]2C3CC[C@H]4C[C@](C)(O)CC[C@]4(C)[C@H]3CC[C@]12C. The average Bonchev–Trinajstić information content (AvgIpc) is 2.87. The van der Waals surface area contributed by atoms with Gasteiger partial charge in [-0.15, -0.1) is 0 Å². The molecule has 0 bridgehead atoms. The highest BCUT2D eigenvalue weighted by atomic mass is 16.5. The van der Waals surface area contributed by atoms with Gasteiger partial charge in [-0.1, -0.05) is 19.9 Å². The van der Waals surface area contributed by atoms with Gasteiger partial charge in [-0.2, -0.15) is 0 Å². The third-order valence-electron chi connectivity index (χ3n) is 9.41. The third-order valence-corrected chi connectivity index (χ3v) is 9.41. The molecule has 1 unspecified atom stereocenters. The van der Waals surface area contributed by atoms with Gasteiger partial charge in [0.25, 0.3) is 0 Å². The highest BCUT2D eigenvalue weighted by Crippen LogP contribution is 2.68. The maximum atomic E-state index is 10.6. The maximum Gasteiger partial charge on any atom is 0.0789 e. The molecule has 8 atom stereocenters. The first kappa shape index (κ1) is 18.0. The Hall–Kier alpha value is -0.340. The van der Waals surface area contributed by atoms with Crippen molar-refractivity contribution < 1.29 is 9.84 Å². The average molecular weight is 347 g/mol. The van der Waals surface area contributed by atoms with Gasteiger partial charge >= 0.3 is 0 Å². The molecule has 4 rings (SSSR count). The van der Waals surface area contributed by atoms with Crippen LogP contribution < -0.4 is 0 Å². The number of fused-ring (bicyclic) bond motifs is 5. The fraction of sp³-hybridized carbons (Fsp3) is 0.913. The van der Waals surface area contributed by atoms with Crippen LogP contribution in [0.25, 0.3) is 0 Å². The monoisotopic (exact) mass is 346 g/mol. The fourth-order valence-corrected chi connectivity index (χ4v) is 8.01. The molecule has 4 fully saturated rings. The molecule has 25 heavy (non-hydrogen) atoms. The summed E-state index contributed by atoms with van der Waals surface area (Å²) in [4.78, 5) is 0. The van der Waals surface area contributed by atoms with Crippen molar-refractivity contribution in [3.63, 3.8) is 0 Å². The lowest BCUT2D eigenvalue weighted by Crippen LogP contribution is -2.55. The van der Waals surface area contributed by atoms with Crippen LogP contribution in [0, 0.1) is 34.5 Å². The topological polar surface area (TPSA) is 29.5 Å². The van der Waals surface area contributed by atoms with Crippen LogP contribution in [0.4, 0.5) is 0 Å². The van der Waals surface area contributed by atoms with E-state index in [0.29, 0.717) is 16.9 Å². The van der Waals surface area contributed by atoms with Crippen molar-refractivity contribution in [1.29, 1.82) is 0 Å². The highest BCUT2D eigenvalue weighted by molar-refractivity contribution is 5.28. The molecule has 0 aromatic heterocycles. The van der Waals surface area contributed by atoms with Crippen LogP contribution in [0.3, 0.4) is 0 Å². The maximum absolute atomic E-state index is 10.6. The van der Waals surface area contributed by atoms with Crippen molar-refractivity contribution in [2.45, 2.75) is 90.8 Å². The summed E-state index contributed by atoms with van der Waals surface area (Å²) >= 11 is 0. The number of aliphatic hydroxyl groups is 1. The molecule has 4 aliphatic rings. The molecule has 142 valence electrons. The van der Waals surface area contributed by atoms with Crippen LogP contribution in [0.15, 0.2) is 11.6 Å². The van der Waals surface area contributed by atoms with Gasteiger partial charge in [0.15, 0.2) is 0 Å². The zero-order valence-corrected chi connectivity index (χ0v) is 17.0. The minimum absolute atomic E-state index is 0.344. The molecule has 2 nitrogen and oxygen atoms in total. The van der Waals surface area contributed by atoms with Crippen molar-refractivity contribution >= 4 is 0 Å². The lowest BCUT2D eigenvalue weighted by molar-refractivity contribution is -0.139. The van der Waals surface area contributed by atoms with Crippen LogP contribution in [0.1, 0.15) is 79.1 Å². The van der Waals surface area contributed by atoms with Crippen molar-refractivity contribution in [3.8, 4) is 0 Å². The Morgan fingerprint density at radius 2 is 1.80 bits per heavy atom. The van der Waals surface area contributed by atoms with Gasteiger partial charge in [-0.25, -0.2) is 0 Å². The van der Waals surface area contributed by atoms with E-state index in [0.717, 1.165) is 36.5 Å². The second kappa shape index (κ2) is 5.83. The second-order valence-electron chi connectivity index (χ2n) is 10.5. The molecule has 0 aromatic rings. The minimum atomic E-state index is -0.424. The first-order chi connectivity index (χ1) is 11.7. The van der Waals surface area contributed by atoms with E-state index in [1.165, 1.54) is 38.5 Å². The standard InChI is InChI=1S/C23H38O2/c1-6-17-20(25-5)13-19-16-8-7-15-14-21(2,24)11-12-22(15,3)18(16)9-10-23(17,19)4/h6,15-16,18-20,24H,7-14H2,1-5H3/b17-6-/t15-,16?,18-,19-,20+,21+,22-,23+/m0/s1. The minimum Gasteiger partial charge on any atom is -0.390 e. The third kappa shape index (κ3) is 2.50. The van der Waals surface area contributed by atoms with Gasteiger partial charge in [0.05, 0.1) is 11.7 Å². The van der Waals surface area contributed by atoms with Crippen LogP contribution >= 0.6 is 0 Å². The Bertz CT molecular complexity index is 564. The molecule has 4 saturated carbocycles. The summed E-state index contributed by atoms with van der Waals surface area (Å²) in [5.74, 6) is 3.23. The van der Waals surface area contributed by atoms with E-state index in [1.807, 2.05) is 7.11 Å². The van der Waals surface area contributed by atoms with Gasteiger partial charge in [0, 0.05) is 7.11 Å². The Labute approximate surface area is 154 Å². The van der Waals surface area contributed by atoms with E-state index in [4.69, 9.17) is 4.74 Å². The normalized spacial score (nSPS) is 57.0. The van der Waals surface area contributed by atoms with E-state index in [9.17, 15) is 5.11 Å². The molecule has 2 heteroatoms. The van der Waals surface area contributed by atoms with Gasteiger partial charge < -0.3 is 9.84 Å². The fourth-order valence-electron chi connectivity index (χ4n) is 8.01. The summed E-state index contributed by atoms with van der Waals surface area (Å²) < 4.78 is 5.91. The van der Waals surface area contributed by atoms with Crippen LogP contribution in [0.2, 0.25) is 0 Å². The van der Waals surface area contributed by atoms with E-state index < -0.39 is 5.60 Å². The Morgan fingerprint density at radius 1 is 1.04 bits per heavy atom. The summed E-state index contributed by atoms with van der Waals surface area (Å²) in [6, 6.07) is 0. The van der Waals surface area contributed by atoms with Gasteiger partial charge in [-0.05, 0) is 105 Å². The molecule has 0 saturated heterocycles. The van der Waals surface area contributed by atoms with E-state index in [1.54, 1.807) is 5.57 Å². The van der Waals surface area contributed by atoms with Crippen molar-refractivity contribution in [2.24, 2.45) is 34.5 Å². The number of hydrogen-bond acceptors (Lipinski definition) is 2. The van der Waals surface area contributed by atoms with Crippen LogP contribution in [0.5, 0.6) is 0 Å². The molecule has 4 aliphatic carbocycles. The molecular weight excluding hydrogens is 308 g/mol. The Balaban J connectivity index is 1.64. The summed E-state index contributed by atoms with van der Waals surface area (Å²) in [5, 5.41) is 10.6. The zero-order chi connectivity index (χ0) is 18.0. The number of ether oxygens (including phenoxy) is 1. The highest BCUT2D eigenvalue weighted by Gasteiger charge is 2.61. The lowest BCUT2D eigenvalue weighted by atomic mass is 9.44. The predicted molar refractivity (Wildman–Crippen MR) is 102 cm³/mol. The van der Waals surface area contributed by atoms with E-state index >= 15 is 0 Å². The number of allylic oxidation sites excluding steroid dienone is 1. The molecule has 0 aliphatic heterocycles.